The van der Waals surface area contributed by atoms with Crippen molar-refractivity contribution >= 4 is 34.8 Å². The van der Waals surface area contributed by atoms with E-state index < -0.39 is 0 Å². The molecule has 0 fully saturated rings. The van der Waals surface area contributed by atoms with E-state index in [1.807, 2.05) is 25.1 Å². The van der Waals surface area contributed by atoms with Gasteiger partial charge in [-0.3, -0.25) is 4.79 Å². The van der Waals surface area contributed by atoms with Crippen molar-refractivity contribution in [3.05, 3.63) is 64.9 Å². The lowest BCUT2D eigenvalue weighted by molar-refractivity contribution is 0.102. The summed E-state index contributed by atoms with van der Waals surface area (Å²) in [6.45, 7) is 1.90. The number of carbonyl (C=O) groups excluding carboxylic acids is 1. The summed E-state index contributed by atoms with van der Waals surface area (Å²) < 4.78 is 10.4. The highest BCUT2D eigenvalue weighted by atomic mass is 35.5. The quantitative estimate of drug-likeness (QED) is 0.638. The van der Waals surface area contributed by atoms with Gasteiger partial charge in [0, 0.05) is 29.2 Å². The first-order valence-electron chi connectivity index (χ1n) is 8.39. The molecule has 0 spiro atoms. The Morgan fingerprint density at radius 3 is 2.46 bits per heavy atom. The number of nitrogens with zero attached hydrogens (tertiary/aromatic N) is 2. The predicted molar refractivity (Wildman–Crippen MR) is 109 cm³/mol. The number of methoxy groups -OCH3 is 2. The van der Waals surface area contributed by atoms with Crippen LogP contribution in [0.25, 0.3) is 0 Å². The van der Waals surface area contributed by atoms with E-state index in [9.17, 15) is 4.79 Å². The summed E-state index contributed by atoms with van der Waals surface area (Å²) in [6.07, 6.45) is 2.88. The molecule has 1 heterocycles. The molecular formula is C20H19ClN4O3. The van der Waals surface area contributed by atoms with Gasteiger partial charge in [0.1, 0.15) is 11.5 Å². The van der Waals surface area contributed by atoms with Crippen LogP contribution >= 0.6 is 11.6 Å². The molecule has 2 N–H and O–H groups in total. The van der Waals surface area contributed by atoms with Crippen LogP contribution in [0.4, 0.5) is 17.3 Å². The maximum atomic E-state index is 12.5. The minimum absolute atomic E-state index is 0.304. The number of nitrogens with one attached hydrogen (secondary N) is 2. The highest BCUT2D eigenvalue weighted by Crippen LogP contribution is 2.29. The molecule has 3 rings (SSSR count). The van der Waals surface area contributed by atoms with Crippen LogP contribution < -0.4 is 20.1 Å². The van der Waals surface area contributed by atoms with Crippen LogP contribution in [0.2, 0.25) is 5.02 Å². The van der Waals surface area contributed by atoms with Crippen molar-refractivity contribution in [2.45, 2.75) is 6.92 Å². The fourth-order valence-electron chi connectivity index (χ4n) is 2.48. The van der Waals surface area contributed by atoms with Gasteiger partial charge in [0.2, 0.25) is 5.95 Å². The summed E-state index contributed by atoms with van der Waals surface area (Å²) in [5.41, 5.74) is 2.48. The number of aromatic nitrogens is 2. The lowest BCUT2D eigenvalue weighted by Crippen LogP contribution is -2.14. The first-order chi connectivity index (χ1) is 13.5. The molecule has 0 saturated heterocycles. The standard InChI is InChI=1S/C20H19ClN4O3/c1-12-15(21)5-4-6-16(12)25-20-22-10-13(11-23-20)19(26)24-17-9-14(27-2)7-8-18(17)28-3/h4-11H,1-3H3,(H,24,26)(H,22,23,25). The summed E-state index contributed by atoms with van der Waals surface area (Å²) in [5, 5.41) is 6.51. The average molecular weight is 399 g/mol. The van der Waals surface area contributed by atoms with Crippen LogP contribution in [0.1, 0.15) is 15.9 Å². The smallest absolute Gasteiger partial charge is 0.258 e. The summed E-state index contributed by atoms with van der Waals surface area (Å²) >= 11 is 6.12. The van der Waals surface area contributed by atoms with Gasteiger partial charge in [-0.2, -0.15) is 0 Å². The number of halogens is 1. The van der Waals surface area contributed by atoms with Crippen molar-refractivity contribution in [3.8, 4) is 11.5 Å². The molecular weight excluding hydrogens is 380 g/mol. The van der Waals surface area contributed by atoms with E-state index in [-0.39, 0.29) is 5.91 Å². The Morgan fingerprint density at radius 1 is 1.04 bits per heavy atom. The fourth-order valence-corrected chi connectivity index (χ4v) is 2.65. The maximum Gasteiger partial charge on any atom is 0.258 e. The second-order valence-electron chi connectivity index (χ2n) is 5.85. The van der Waals surface area contributed by atoms with Gasteiger partial charge in [-0.15, -0.1) is 0 Å². The molecule has 144 valence electrons. The van der Waals surface area contributed by atoms with Crippen molar-refractivity contribution < 1.29 is 14.3 Å². The van der Waals surface area contributed by atoms with Gasteiger partial charge in [0.25, 0.3) is 5.91 Å². The molecule has 0 atom stereocenters. The lowest BCUT2D eigenvalue weighted by atomic mass is 10.2. The van der Waals surface area contributed by atoms with E-state index in [0.717, 1.165) is 11.3 Å². The number of amides is 1. The van der Waals surface area contributed by atoms with Crippen molar-refractivity contribution in [2.75, 3.05) is 24.9 Å². The van der Waals surface area contributed by atoms with E-state index >= 15 is 0 Å². The Morgan fingerprint density at radius 2 is 1.79 bits per heavy atom. The SMILES string of the molecule is COc1ccc(OC)c(NC(=O)c2cnc(Nc3cccc(Cl)c3C)nc2)c1. The molecule has 0 unspecified atom stereocenters. The molecule has 0 aliphatic heterocycles. The topological polar surface area (TPSA) is 85.4 Å². The predicted octanol–water partition coefficient (Wildman–Crippen LogP) is 4.45. The molecule has 0 saturated carbocycles. The number of ether oxygens (including phenoxy) is 2. The maximum absolute atomic E-state index is 12.5. The molecule has 0 bridgehead atoms. The number of hydrogen-bond donors (Lipinski definition) is 2. The number of anilines is 3. The Kier molecular flexibility index (Phi) is 5.96. The van der Waals surface area contributed by atoms with Crippen LogP contribution in [0.3, 0.4) is 0 Å². The molecule has 1 aromatic heterocycles. The zero-order chi connectivity index (χ0) is 20.1. The van der Waals surface area contributed by atoms with E-state index in [1.165, 1.54) is 19.5 Å². The van der Waals surface area contributed by atoms with Crippen LogP contribution in [0, 0.1) is 6.92 Å². The number of hydrogen-bond acceptors (Lipinski definition) is 6. The third-order valence-electron chi connectivity index (χ3n) is 4.08. The van der Waals surface area contributed by atoms with E-state index in [4.69, 9.17) is 21.1 Å². The van der Waals surface area contributed by atoms with Gasteiger partial charge in [0.05, 0.1) is 25.5 Å². The summed E-state index contributed by atoms with van der Waals surface area (Å²) in [4.78, 5) is 20.9. The zero-order valence-electron chi connectivity index (χ0n) is 15.6. The second kappa shape index (κ2) is 8.58. The van der Waals surface area contributed by atoms with Crippen LogP contribution in [-0.2, 0) is 0 Å². The van der Waals surface area contributed by atoms with Gasteiger partial charge in [0.15, 0.2) is 0 Å². The van der Waals surface area contributed by atoms with Gasteiger partial charge >= 0.3 is 0 Å². The monoisotopic (exact) mass is 398 g/mol. The summed E-state index contributed by atoms with van der Waals surface area (Å²) in [7, 11) is 3.08. The molecule has 0 aliphatic rings. The Labute approximate surface area is 167 Å². The van der Waals surface area contributed by atoms with Crippen LogP contribution in [0.15, 0.2) is 48.8 Å². The Bertz CT molecular complexity index is 993. The minimum atomic E-state index is -0.364. The van der Waals surface area contributed by atoms with Crippen molar-refractivity contribution in [1.29, 1.82) is 0 Å². The molecule has 1 amide bonds. The third kappa shape index (κ3) is 4.32. The molecule has 0 aliphatic carbocycles. The van der Waals surface area contributed by atoms with Crippen LogP contribution in [0.5, 0.6) is 11.5 Å². The molecule has 0 radical (unpaired) electrons. The van der Waals surface area contributed by atoms with Crippen molar-refractivity contribution in [3.63, 3.8) is 0 Å². The minimum Gasteiger partial charge on any atom is -0.497 e. The summed E-state index contributed by atoms with van der Waals surface area (Å²) in [6, 6.07) is 10.7. The molecule has 2 aromatic carbocycles. The molecule has 28 heavy (non-hydrogen) atoms. The van der Waals surface area contributed by atoms with E-state index in [0.29, 0.717) is 33.7 Å². The largest absolute Gasteiger partial charge is 0.497 e. The van der Waals surface area contributed by atoms with E-state index in [2.05, 4.69) is 20.6 Å². The highest BCUT2D eigenvalue weighted by Gasteiger charge is 2.12. The van der Waals surface area contributed by atoms with Gasteiger partial charge in [-0.05, 0) is 36.8 Å². The first kappa shape index (κ1) is 19.4. The van der Waals surface area contributed by atoms with Crippen molar-refractivity contribution in [2.24, 2.45) is 0 Å². The van der Waals surface area contributed by atoms with Gasteiger partial charge < -0.3 is 20.1 Å². The summed E-state index contributed by atoms with van der Waals surface area (Å²) in [5.74, 6) is 1.12. The zero-order valence-corrected chi connectivity index (χ0v) is 16.4. The highest BCUT2D eigenvalue weighted by molar-refractivity contribution is 6.31. The second-order valence-corrected chi connectivity index (χ2v) is 6.26. The first-order valence-corrected chi connectivity index (χ1v) is 8.77. The van der Waals surface area contributed by atoms with Gasteiger partial charge in [-0.1, -0.05) is 17.7 Å². The van der Waals surface area contributed by atoms with Crippen LogP contribution in [-0.4, -0.2) is 30.1 Å². The van der Waals surface area contributed by atoms with Crippen molar-refractivity contribution in [1.82, 2.24) is 9.97 Å². The third-order valence-corrected chi connectivity index (χ3v) is 4.49. The Hall–Kier alpha value is -3.32. The molecule has 3 aromatic rings. The Balaban J connectivity index is 1.75. The molecule has 7 nitrogen and oxygen atoms in total. The average Bonchev–Trinajstić information content (AvgIpc) is 2.71. The lowest BCUT2D eigenvalue weighted by Gasteiger charge is -2.12. The van der Waals surface area contributed by atoms with E-state index in [1.54, 1.807) is 25.3 Å². The number of benzene rings is 2. The fraction of sp³-hybridized carbons (Fsp3) is 0.150. The van der Waals surface area contributed by atoms with Gasteiger partial charge in [-0.25, -0.2) is 9.97 Å². The number of rotatable bonds is 6. The normalized spacial score (nSPS) is 10.3. The molecule has 8 heteroatoms. The number of carbonyl (C=O) groups is 1.